The lowest BCUT2D eigenvalue weighted by molar-refractivity contribution is -0.000785. The molecule has 3 aromatic rings. The normalized spacial score (nSPS) is 19.5. The predicted octanol–water partition coefficient (Wildman–Crippen LogP) is 2.24. The number of hydrogen-bond donors (Lipinski definition) is 1. The van der Waals surface area contributed by atoms with Crippen molar-refractivity contribution in [1.29, 1.82) is 0 Å². The molecule has 0 saturated carbocycles. The summed E-state index contributed by atoms with van der Waals surface area (Å²) in [5, 5.41) is 12.9. The fourth-order valence-corrected chi connectivity index (χ4v) is 2.83. The molecule has 1 aliphatic rings. The van der Waals surface area contributed by atoms with E-state index in [2.05, 4.69) is 15.3 Å². The summed E-state index contributed by atoms with van der Waals surface area (Å²) in [7, 11) is 0. The van der Waals surface area contributed by atoms with E-state index in [1.54, 1.807) is 0 Å². The maximum absolute atomic E-state index is 5.77. The number of nitrogens with one attached hydrogen (secondary N) is 1. The van der Waals surface area contributed by atoms with Gasteiger partial charge in [-0.05, 0) is 25.1 Å². The Morgan fingerprint density at radius 1 is 1.21 bits per heavy atom. The van der Waals surface area contributed by atoms with Gasteiger partial charge in [0, 0.05) is 17.1 Å². The van der Waals surface area contributed by atoms with Gasteiger partial charge in [0.2, 0.25) is 0 Å². The van der Waals surface area contributed by atoms with Crippen LogP contribution in [0, 0.1) is 0 Å². The van der Waals surface area contributed by atoms with Gasteiger partial charge in [0.25, 0.3) is 0 Å². The van der Waals surface area contributed by atoms with Gasteiger partial charge in [0.15, 0.2) is 0 Å². The van der Waals surface area contributed by atoms with Crippen LogP contribution in [0.15, 0.2) is 30.6 Å². The molecule has 7 nitrogen and oxygen atoms in total. The Bertz CT molecular complexity index is 826. The molecule has 7 heteroatoms. The van der Waals surface area contributed by atoms with Crippen LogP contribution < -0.4 is 4.74 Å². The summed E-state index contributed by atoms with van der Waals surface area (Å²) >= 11 is 0. The van der Waals surface area contributed by atoms with Crippen LogP contribution in [0.2, 0.25) is 0 Å². The van der Waals surface area contributed by atoms with Crippen molar-refractivity contribution in [3.63, 3.8) is 0 Å². The molecule has 0 unspecified atom stereocenters. The summed E-state index contributed by atoms with van der Waals surface area (Å²) in [5.41, 5.74) is 2.82. The van der Waals surface area contributed by atoms with E-state index in [1.165, 1.54) is 0 Å². The summed E-state index contributed by atoms with van der Waals surface area (Å²) in [5.74, 6) is 0.804. The number of fused-ring (bicyclic) bond motifs is 4. The summed E-state index contributed by atoms with van der Waals surface area (Å²) in [6.07, 6.45) is 3.88. The molecular weight excluding hydrogens is 308 g/mol. The first-order chi connectivity index (χ1) is 11.8. The number of nitrogens with zero attached hydrogens (tertiary/aromatic N) is 3. The summed E-state index contributed by atoms with van der Waals surface area (Å²) in [6.45, 7) is 4.88. The maximum atomic E-state index is 5.77. The molecule has 24 heavy (non-hydrogen) atoms. The Hall–Kier alpha value is -2.38. The lowest BCUT2D eigenvalue weighted by Crippen LogP contribution is -2.20. The molecule has 0 spiro atoms. The number of H-pyrrole nitrogens is 1. The van der Waals surface area contributed by atoms with Crippen LogP contribution in [0.4, 0.5) is 0 Å². The third kappa shape index (κ3) is 3.13. The molecule has 0 aliphatic carbocycles. The fourth-order valence-electron chi connectivity index (χ4n) is 2.83. The molecule has 1 aliphatic heterocycles. The van der Waals surface area contributed by atoms with E-state index in [9.17, 15) is 0 Å². The first-order valence-corrected chi connectivity index (χ1v) is 8.13. The highest BCUT2D eigenvalue weighted by Crippen LogP contribution is 2.29. The Kier molecular flexibility index (Phi) is 4.18. The molecule has 0 fully saturated rings. The monoisotopic (exact) mass is 328 g/mol. The molecule has 2 aromatic heterocycles. The van der Waals surface area contributed by atoms with E-state index in [0.29, 0.717) is 33.0 Å². The van der Waals surface area contributed by atoms with E-state index in [4.69, 9.17) is 14.2 Å². The second kappa shape index (κ2) is 6.62. The van der Waals surface area contributed by atoms with Crippen molar-refractivity contribution in [2.24, 2.45) is 0 Å². The van der Waals surface area contributed by atoms with Crippen molar-refractivity contribution in [2.45, 2.75) is 19.6 Å². The van der Waals surface area contributed by atoms with Crippen LogP contribution in [0.3, 0.4) is 0 Å². The quantitative estimate of drug-likeness (QED) is 0.685. The van der Waals surface area contributed by atoms with Crippen molar-refractivity contribution in [1.82, 2.24) is 20.0 Å². The minimum Gasteiger partial charge on any atom is -0.491 e. The second-order valence-corrected chi connectivity index (χ2v) is 5.87. The molecule has 126 valence electrons. The average molecular weight is 328 g/mol. The number of benzene rings is 1. The SMILES string of the molecule is C[C@@H]1Cn2cc(cn2)-c2n[nH]c3ccc(cc23)OCCOCCO1. The molecule has 4 rings (SSSR count). The van der Waals surface area contributed by atoms with Gasteiger partial charge in [0.1, 0.15) is 18.1 Å². The molecule has 1 N–H and O–H groups in total. The zero-order chi connectivity index (χ0) is 16.4. The second-order valence-electron chi connectivity index (χ2n) is 5.87. The molecule has 0 amide bonds. The zero-order valence-electron chi connectivity index (χ0n) is 13.6. The van der Waals surface area contributed by atoms with Crippen molar-refractivity contribution < 1.29 is 14.2 Å². The van der Waals surface area contributed by atoms with Crippen molar-refractivity contribution in [3.8, 4) is 17.0 Å². The largest absolute Gasteiger partial charge is 0.491 e. The van der Waals surface area contributed by atoms with Crippen LogP contribution in [0.25, 0.3) is 22.2 Å². The van der Waals surface area contributed by atoms with Crippen LogP contribution in [-0.4, -0.2) is 52.5 Å². The highest BCUT2D eigenvalue weighted by Gasteiger charge is 2.13. The van der Waals surface area contributed by atoms with Gasteiger partial charge in [-0.3, -0.25) is 9.78 Å². The maximum Gasteiger partial charge on any atom is 0.120 e. The number of ether oxygens (including phenoxy) is 3. The smallest absolute Gasteiger partial charge is 0.120 e. The van der Waals surface area contributed by atoms with Crippen molar-refractivity contribution >= 4 is 10.9 Å². The third-order valence-electron chi connectivity index (χ3n) is 4.01. The minimum absolute atomic E-state index is 0.0630. The Labute approximate surface area is 139 Å². The van der Waals surface area contributed by atoms with Gasteiger partial charge in [-0.2, -0.15) is 10.2 Å². The lowest BCUT2D eigenvalue weighted by Gasteiger charge is -2.13. The topological polar surface area (TPSA) is 74.2 Å². The van der Waals surface area contributed by atoms with Crippen LogP contribution in [0.5, 0.6) is 5.75 Å². The number of hydrogen-bond acceptors (Lipinski definition) is 5. The van der Waals surface area contributed by atoms with Crippen LogP contribution >= 0.6 is 0 Å². The summed E-state index contributed by atoms with van der Waals surface area (Å²) < 4.78 is 18.9. The molecule has 0 radical (unpaired) electrons. The minimum atomic E-state index is 0.0630. The lowest BCUT2D eigenvalue weighted by atomic mass is 10.1. The van der Waals surface area contributed by atoms with Gasteiger partial charge in [-0.15, -0.1) is 0 Å². The average Bonchev–Trinajstić information content (AvgIpc) is 3.19. The third-order valence-corrected chi connectivity index (χ3v) is 4.01. The molecule has 4 bridgehead atoms. The van der Waals surface area contributed by atoms with E-state index in [1.807, 2.05) is 42.2 Å². The Balaban J connectivity index is 1.70. The number of aromatic amines is 1. The van der Waals surface area contributed by atoms with E-state index < -0.39 is 0 Å². The van der Waals surface area contributed by atoms with E-state index in [-0.39, 0.29) is 6.10 Å². The van der Waals surface area contributed by atoms with Gasteiger partial charge in [0.05, 0.1) is 44.2 Å². The Morgan fingerprint density at radius 3 is 3.08 bits per heavy atom. The van der Waals surface area contributed by atoms with Crippen molar-refractivity contribution in [2.75, 3.05) is 26.4 Å². The number of aromatic nitrogens is 4. The Morgan fingerprint density at radius 2 is 2.12 bits per heavy atom. The zero-order valence-corrected chi connectivity index (χ0v) is 13.6. The predicted molar refractivity (Wildman–Crippen MR) is 89.0 cm³/mol. The first-order valence-electron chi connectivity index (χ1n) is 8.13. The molecule has 1 aromatic carbocycles. The molecule has 3 heterocycles. The van der Waals surface area contributed by atoms with Gasteiger partial charge < -0.3 is 14.2 Å². The molecular formula is C17H20N4O3. The highest BCUT2D eigenvalue weighted by molar-refractivity contribution is 5.93. The summed E-state index contributed by atoms with van der Waals surface area (Å²) in [6, 6.07) is 5.91. The van der Waals surface area contributed by atoms with Gasteiger partial charge in [-0.1, -0.05) is 0 Å². The summed E-state index contributed by atoms with van der Waals surface area (Å²) in [4.78, 5) is 0. The van der Waals surface area contributed by atoms with Crippen LogP contribution in [0.1, 0.15) is 6.92 Å². The standard InChI is InChI=1S/C17H20N4O3/c1-12-10-21-11-13(9-18-21)17-15-8-14(2-3-16(15)19-20-17)24-7-5-22-4-6-23-12/h2-3,8-9,11-12H,4-7,10H2,1H3,(H,19,20)/t12-/m1/s1. The van der Waals surface area contributed by atoms with Gasteiger partial charge >= 0.3 is 0 Å². The van der Waals surface area contributed by atoms with Crippen molar-refractivity contribution in [3.05, 3.63) is 30.6 Å². The van der Waals surface area contributed by atoms with Gasteiger partial charge in [-0.25, -0.2) is 0 Å². The molecule has 1 atom stereocenters. The molecule has 0 saturated heterocycles. The van der Waals surface area contributed by atoms with E-state index >= 15 is 0 Å². The highest BCUT2D eigenvalue weighted by atomic mass is 16.5. The first kappa shape index (κ1) is 15.2. The fraction of sp³-hybridized carbons (Fsp3) is 0.412. The number of rotatable bonds is 0. The van der Waals surface area contributed by atoms with E-state index in [0.717, 1.165) is 27.9 Å². The van der Waals surface area contributed by atoms with Crippen LogP contribution in [-0.2, 0) is 16.0 Å².